The number of anilines is 1. The van der Waals surface area contributed by atoms with Gasteiger partial charge in [0.2, 0.25) is 5.91 Å². The molecule has 2 aromatic heterocycles. The Morgan fingerprint density at radius 2 is 1.97 bits per heavy atom. The average Bonchev–Trinajstić information content (AvgIpc) is 3.05. The summed E-state index contributed by atoms with van der Waals surface area (Å²) in [6.07, 6.45) is 1.73. The van der Waals surface area contributed by atoms with Gasteiger partial charge in [0.15, 0.2) is 11.6 Å². The van der Waals surface area contributed by atoms with Crippen molar-refractivity contribution in [2.24, 2.45) is 5.92 Å². The molecule has 152 valence electrons. The lowest BCUT2D eigenvalue weighted by atomic mass is 10.1. The number of amides is 1. The van der Waals surface area contributed by atoms with Gasteiger partial charge in [-0.3, -0.25) is 4.79 Å². The van der Waals surface area contributed by atoms with E-state index in [4.69, 9.17) is 9.72 Å². The molecule has 1 aromatic carbocycles. The molecule has 0 aliphatic rings. The predicted molar refractivity (Wildman–Crippen MR) is 112 cm³/mol. The summed E-state index contributed by atoms with van der Waals surface area (Å²) in [5, 5.41) is 8.22. The molecule has 0 spiro atoms. The smallest absolute Gasteiger partial charge is 0.343 e. The van der Waals surface area contributed by atoms with Gasteiger partial charge < -0.3 is 10.1 Å². The highest BCUT2D eigenvalue weighted by molar-refractivity contribution is 6.00. The van der Waals surface area contributed by atoms with Crippen molar-refractivity contribution in [3.8, 4) is 5.82 Å². The molecule has 29 heavy (non-hydrogen) atoms. The largest absolute Gasteiger partial charge is 0.462 e. The van der Waals surface area contributed by atoms with Gasteiger partial charge in [0.25, 0.3) is 0 Å². The number of aromatic nitrogens is 3. The number of aryl methyl sites for hydroxylation is 2. The van der Waals surface area contributed by atoms with Crippen LogP contribution in [-0.2, 0) is 9.53 Å². The number of carbonyl (C=O) groups is 2. The molecular weight excluding hydrogens is 368 g/mol. The number of benzene rings is 1. The van der Waals surface area contributed by atoms with Crippen molar-refractivity contribution < 1.29 is 14.3 Å². The Morgan fingerprint density at radius 1 is 1.21 bits per heavy atom. The van der Waals surface area contributed by atoms with Crippen LogP contribution in [0.25, 0.3) is 16.7 Å². The number of hydrogen-bond donors (Lipinski definition) is 1. The highest BCUT2D eigenvalue weighted by atomic mass is 16.5. The number of carbonyl (C=O) groups excluding carboxylic acids is 2. The SMILES string of the molecule is CCOC(=O)c1cnn(-c2cc(C)c3cccc(C)c3n2)c1NC(=O)CC(C)C. The Bertz CT molecular complexity index is 1070. The van der Waals surface area contributed by atoms with Gasteiger partial charge in [0.1, 0.15) is 5.56 Å². The average molecular weight is 394 g/mol. The summed E-state index contributed by atoms with van der Waals surface area (Å²) in [5.74, 6) is 0.253. The van der Waals surface area contributed by atoms with Gasteiger partial charge >= 0.3 is 5.97 Å². The fraction of sp³-hybridized carbons (Fsp3) is 0.364. The Morgan fingerprint density at radius 3 is 2.66 bits per heavy atom. The maximum absolute atomic E-state index is 12.4. The lowest BCUT2D eigenvalue weighted by Gasteiger charge is -2.13. The molecule has 0 bridgehead atoms. The molecule has 1 amide bonds. The van der Waals surface area contributed by atoms with Crippen LogP contribution in [0.4, 0.5) is 5.82 Å². The van der Waals surface area contributed by atoms with Crippen LogP contribution in [0, 0.1) is 19.8 Å². The summed E-state index contributed by atoms with van der Waals surface area (Å²) in [4.78, 5) is 29.6. The molecule has 0 radical (unpaired) electrons. The topological polar surface area (TPSA) is 86.1 Å². The van der Waals surface area contributed by atoms with Crippen LogP contribution in [0.3, 0.4) is 0 Å². The zero-order chi connectivity index (χ0) is 21.1. The molecule has 3 rings (SSSR count). The van der Waals surface area contributed by atoms with Crippen molar-refractivity contribution >= 4 is 28.6 Å². The standard InChI is InChI=1S/C22H26N4O3/c1-6-29-22(28)17-12-23-26(21(17)25-19(27)10-13(2)3)18-11-15(5)16-9-7-8-14(4)20(16)24-18/h7-9,11-13H,6,10H2,1-5H3,(H,25,27). The van der Waals surface area contributed by atoms with Gasteiger partial charge in [0.05, 0.1) is 18.3 Å². The highest BCUT2D eigenvalue weighted by Gasteiger charge is 2.23. The van der Waals surface area contributed by atoms with Crippen LogP contribution in [0.5, 0.6) is 0 Å². The van der Waals surface area contributed by atoms with Gasteiger partial charge in [-0.2, -0.15) is 9.78 Å². The highest BCUT2D eigenvalue weighted by Crippen LogP contribution is 2.26. The van der Waals surface area contributed by atoms with Crippen molar-refractivity contribution in [1.82, 2.24) is 14.8 Å². The number of esters is 1. The van der Waals surface area contributed by atoms with Gasteiger partial charge in [-0.1, -0.05) is 32.0 Å². The van der Waals surface area contributed by atoms with Crippen LogP contribution in [0.1, 0.15) is 48.7 Å². The molecule has 7 nitrogen and oxygen atoms in total. The van der Waals surface area contributed by atoms with Gasteiger partial charge in [0, 0.05) is 11.8 Å². The molecule has 2 heterocycles. The van der Waals surface area contributed by atoms with Crippen molar-refractivity contribution in [3.63, 3.8) is 0 Å². The quantitative estimate of drug-likeness (QED) is 0.633. The fourth-order valence-electron chi connectivity index (χ4n) is 3.21. The minimum absolute atomic E-state index is 0.182. The van der Waals surface area contributed by atoms with E-state index in [0.29, 0.717) is 12.2 Å². The Labute approximate surface area is 170 Å². The van der Waals surface area contributed by atoms with Crippen LogP contribution in [-0.4, -0.2) is 33.2 Å². The van der Waals surface area contributed by atoms with E-state index < -0.39 is 5.97 Å². The number of ether oxygens (including phenoxy) is 1. The number of nitrogens with zero attached hydrogens (tertiary/aromatic N) is 3. The first kappa shape index (κ1) is 20.5. The molecule has 1 N–H and O–H groups in total. The summed E-state index contributed by atoms with van der Waals surface area (Å²) < 4.78 is 6.62. The molecule has 0 aliphatic heterocycles. The van der Waals surface area contributed by atoms with E-state index >= 15 is 0 Å². The molecule has 0 saturated carbocycles. The molecule has 0 unspecified atom stereocenters. The molecule has 0 fully saturated rings. The summed E-state index contributed by atoms with van der Waals surface area (Å²) >= 11 is 0. The second-order valence-electron chi connectivity index (χ2n) is 7.45. The molecule has 0 atom stereocenters. The molecule has 0 saturated heterocycles. The molecule has 7 heteroatoms. The first-order chi connectivity index (χ1) is 13.8. The fourth-order valence-corrected chi connectivity index (χ4v) is 3.21. The van der Waals surface area contributed by atoms with E-state index in [0.717, 1.165) is 22.0 Å². The summed E-state index contributed by atoms with van der Waals surface area (Å²) in [7, 11) is 0. The number of hydrogen-bond acceptors (Lipinski definition) is 5. The van der Waals surface area contributed by atoms with E-state index in [2.05, 4.69) is 10.4 Å². The summed E-state index contributed by atoms with van der Waals surface area (Å²) in [5.41, 5.74) is 3.13. The summed E-state index contributed by atoms with van der Waals surface area (Å²) in [6.45, 7) is 9.88. The van der Waals surface area contributed by atoms with E-state index in [1.54, 1.807) is 6.92 Å². The third-order valence-corrected chi connectivity index (χ3v) is 4.57. The van der Waals surface area contributed by atoms with E-state index in [1.165, 1.54) is 10.9 Å². The molecular formula is C22H26N4O3. The van der Waals surface area contributed by atoms with Crippen LogP contribution < -0.4 is 5.32 Å². The number of fused-ring (bicyclic) bond motifs is 1. The number of rotatable bonds is 6. The second-order valence-corrected chi connectivity index (χ2v) is 7.45. The zero-order valence-corrected chi connectivity index (χ0v) is 17.4. The summed E-state index contributed by atoms with van der Waals surface area (Å²) in [6, 6.07) is 7.90. The lowest BCUT2D eigenvalue weighted by molar-refractivity contribution is -0.116. The van der Waals surface area contributed by atoms with Gasteiger partial charge in [-0.15, -0.1) is 0 Å². The van der Waals surface area contributed by atoms with Crippen molar-refractivity contribution in [3.05, 3.63) is 47.2 Å². The van der Waals surface area contributed by atoms with E-state index in [9.17, 15) is 9.59 Å². The van der Waals surface area contributed by atoms with Gasteiger partial charge in [-0.05, 0) is 43.9 Å². The normalized spacial score (nSPS) is 11.1. The maximum atomic E-state index is 12.4. The second kappa shape index (κ2) is 8.43. The number of nitrogens with one attached hydrogen (secondary N) is 1. The molecule has 0 aliphatic carbocycles. The van der Waals surface area contributed by atoms with Crippen molar-refractivity contribution in [2.75, 3.05) is 11.9 Å². The van der Waals surface area contributed by atoms with Crippen LogP contribution in [0.2, 0.25) is 0 Å². The zero-order valence-electron chi connectivity index (χ0n) is 17.4. The van der Waals surface area contributed by atoms with E-state index in [1.807, 2.05) is 52.0 Å². The maximum Gasteiger partial charge on any atom is 0.343 e. The number of para-hydroxylation sites is 1. The monoisotopic (exact) mass is 394 g/mol. The first-order valence-electron chi connectivity index (χ1n) is 9.74. The van der Waals surface area contributed by atoms with Crippen LogP contribution in [0.15, 0.2) is 30.5 Å². The third kappa shape index (κ3) is 4.29. The first-order valence-corrected chi connectivity index (χ1v) is 9.74. The minimum Gasteiger partial charge on any atom is -0.462 e. The van der Waals surface area contributed by atoms with Crippen molar-refractivity contribution in [1.29, 1.82) is 0 Å². The van der Waals surface area contributed by atoms with Gasteiger partial charge in [-0.25, -0.2) is 9.78 Å². The lowest BCUT2D eigenvalue weighted by Crippen LogP contribution is -2.19. The van der Waals surface area contributed by atoms with Crippen molar-refractivity contribution in [2.45, 2.75) is 41.0 Å². The Balaban J connectivity index is 2.13. The van der Waals surface area contributed by atoms with Crippen LogP contribution >= 0.6 is 0 Å². The molecule has 3 aromatic rings. The minimum atomic E-state index is -0.535. The third-order valence-electron chi connectivity index (χ3n) is 4.57. The number of pyridine rings is 1. The predicted octanol–water partition coefficient (Wildman–Crippen LogP) is 4.20. The van der Waals surface area contributed by atoms with E-state index in [-0.39, 0.29) is 29.8 Å². The Kier molecular flexibility index (Phi) is 5.96. The Hall–Kier alpha value is -3.22.